The number of carbonyl (C=O) groups excluding carboxylic acids is 4. The Morgan fingerprint density at radius 2 is 0.912 bits per heavy atom. The van der Waals surface area contributed by atoms with Gasteiger partial charge < -0.3 is 25.3 Å². The second-order valence-corrected chi connectivity index (χ2v) is 11.8. The maximum atomic E-state index is 12.6. The van der Waals surface area contributed by atoms with Gasteiger partial charge >= 0.3 is 17.9 Å². The van der Waals surface area contributed by atoms with Crippen LogP contribution in [0.1, 0.15) is 108 Å². The van der Waals surface area contributed by atoms with Crippen LogP contribution in [0.5, 0.6) is 0 Å². The van der Waals surface area contributed by atoms with Crippen molar-refractivity contribution in [1.29, 1.82) is 0 Å². The third kappa shape index (κ3) is 15.6. The lowest BCUT2D eigenvalue weighted by Crippen LogP contribution is -2.54. The molecule has 0 aromatic heterocycles. The van der Waals surface area contributed by atoms with Crippen molar-refractivity contribution in [1.82, 2.24) is 5.32 Å². The summed E-state index contributed by atoms with van der Waals surface area (Å²) in [5, 5.41) is 2.90. The highest BCUT2D eigenvalue weighted by Crippen LogP contribution is 2.28. The van der Waals surface area contributed by atoms with E-state index in [0.29, 0.717) is 0 Å². The van der Waals surface area contributed by atoms with E-state index < -0.39 is 52.2 Å². The number of esters is 3. The minimum atomic E-state index is -1.06. The number of nitrogens with two attached hydrogens (primary N) is 1. The van der Waals surface area contributed by atoms with Crippen LogP contribution in [0, 0.1) is 0 Å². The van der Waals surface area contributed by atoms with Crippen LogP contribution in [-0.2, 0) is 33.4 Å². The predicted octanol–water partition coefficient (Wildman–Crippen LogP) is 3.55. The largest absolute Gasteiger partial charge is 0.460 e. The first kappa shape index (κ1) is 31.8. The molecule has 0 saturated heterocycles. The Bertz CT molecular complexity index is 631. The van der Waals surface area contributed by atoms with Gasteiger partial charge in [0.25, 0.3) is 0 Å². The second-order valence-electron chi connectivity index (χ2n) is 11.8. The van der Waals surface area contributed by atoms with Gasteiger partial charge in [-0.2, -0.15) is 0 Å². The zero-order valence-electron chi connectivity index (χ0n) is 22.8. The van der Waals surface area contributed by atoms with Crippen LogP contribution < -0.4 is 11.1 Å². The molecule has 34 heavy (non-hydrogen) atoms. The monoisotopic (exact) mass is 486 g/mol. The molecule has 0 fully saturated rings. The fraction of sp³-hybridized carbons (Fsp3) is 0.840. The van der Waals surface area contributed by atoms with Crippen molar-refractivity contribution in [2.45, 2.75) is 136 Å². The van der Waals surface area contributed by atoms with Crippen LogP contribution in [0.25, 0.3) is 0 Å². The molecule has 1 atom stereocenters. The Kier molecular flexibility index (Phi) is 11.7. The highest BCUT2D eigenvalue weighted by Gasteiger charge is 2.36. The van der Waals surface area contributed by atoms with Crippen LogP contribution in [-0.4, -0.2) is 52.2 Å². The molecule has 198 valence electrons. The molecule has 0 rings (SSSR count). The van der Waals surface area contributed by atoms with Crippen LogP contribution >= 0.6 is 0 Å². The molecule has 0 heterocycles. The first-order chi connectivity index (χ1) is 15.1. The van der Waals surface area contributed by atoms with Crippen molar-refractivity contribution in [3.05, 3.63) is 0 Å². The third-order valence-electron chi connectivity index (χ3n) is 4.49. The number of hydrogen-bond acceptors (Lipinski definition) is 8. The zero-order chi connectivity index (χ0) is 27.0. The number of amides is 1. The van der Waals surface area contributed by atoms with E-state index in [1.807, 2.05) is 0 Å². The SMILES string of the molecule is C[C@@H](N)C(=O)NC(CCC(=O)OC(C)(C)C)(CCC(=O)OC(C)(C)C)CCC(=O)OC(C)(C)C. The lowest BCUT2D eigenvalue weighted by atomic mass is 9.83. The number of nitrogens with one attached hydrogen (secondary N) is 1. The summed E-state index contributed by atoms with van der Waals surface area (Å²) >= 11 is 0. The Morgan fingerprint density at radius 1 is 0.647 bits per heavy atom. The lowest BCUT2D eigenvalue weighted by Gasteiger charge is -2.36. The van der Waals surface area contributed by atoms with Gasteiger partial charge in [0.2, 0.25) is 5.91 Å². The standard InChI is InChI=1S/C25H46N2O7/c1-17(26)21(31)27-25(14-11-18(28)32-22(2,3)4,15-12-19(29)33-23(5,6)7)16-13-20(30)34-24(8,9)10/h17H,11-16,26H2,1-10H3,(H,27,31)/t17-/m1/s1. The van der Waals surface area contributed by atoms with Gasteiger partial charge in [0.1, 0.15) is 16.8 Å². The average Bonchev–Trinajstić information content (AvgIpc) is 2.58. The summed E-state index contributed by atoms with van der Waals surface area (Å²) in [5.41, 5.74) is 2.72. The number of carbonyl (C=O) groups is 4. The summed E-state index contributed by atoms with van der Waals surface area (Å²) in [6, 6.07) is -0.816. The molecule has 9 nitrogen and oxygen atoms in total. The fourth-order valence-electron chi connectivity index (χ4n) is 3.14. The van der Waals surface area contributed by atoms with Gasteiger partial charge in [-0.15, -0.1) is 0 Å². The van der Waals surface area contributed by atoms with E-state index in [4.69, 9.17) is 19.9 Å². The molecule has 0 aliphatic rings. The summed E-state index contributed by atoms with van der Waals surface area (Å²) in [5.74, 6) is -1.78. The first-order valence-electron chi connectivity index (χ1n) is 11.9. The third-order valence-corrected chi connectivity index (χ3v) is 4.49. The van der Waals surface area contributed by atoms with Crippen molar-refractivity contribution >= 4 is 23.8 Å². The predicted molar refractivity (Wildman–Crippen MR) is 130 cm³/mol. The Labute approximate surface area is 204 Å². The van der Waals surface area contributed by atoms with E-state index in [2.05, 4.69) is 5.32 Å². The highest BCUT2D eigenvalue weighted by molar-refractivity contribution is 5.82. The summed E-state index contributed by atoms with van der Waals surface area (Å²) in [6.07, 6.45) is 0.432. The maximum absolute atomic E-state index is 12.6. The van der Waals surface area contributed by atoms with Crippen LogP contribution in [0.2, 0.25) is 0 Å². The zero-order valence-corrected chi connectivity index (χ0v) is 22.8. The van der Waals surface area contributed by atoms with Gasteiger partial charge in [-0.25, -0.2) is 0 Å². The fourth-order valence-corrected chi connectivity index (χ4v) is 3.14. The number of ether oxygens (including phenoxy) is 3. The summed E-state index contributed by atoms with van der Waals surface area (Å²) in [6.45, 7) is 17.4. The summed E-state index contributed by atoms with van der Waals surface area (Å²) in [7, 11) is 0. The molecule has 9 heteroatoms. The van der Waals surface area contributed by atoms with E-state index >= 15 is 0 Å². The van der Waals surface area contributed by atoms with Gasteiger partial charge in [0.15, 0.2) is 0 Å². The van der Waals surface area contributed by atoms with Crippen molar-refractivity contribution in [3.63, 3.8) is 0 Å². The summed E-state index contributed by atoms with van der Waals surface area (Å²) < 4.78 is 16.2. The average molecular weight is 487 g/mol. The van der Waals surface area contributed by atoms with Gasteiger partial charge in [0, 0.05) is 24.8 Å². The van der Waals surface area contributed by atoms with Gasteiger partial charge in [-0.1, -0.05) is 0 Å². The van der Waals surface area contributed by atoms with Crippen molar-refractivity contribution in [2.24, 2.45) is 5.73 Å². The Hall–Kier alpha value is -2.16. The van der Waals surface area contributed by atoms with Crippen molar-refractivity contribution in [2.75, 3.05) is 0 Å². The maximum Gasteiger partial charge on any atom is 0.306 e. The molecule has 0 aromatic rings. The van der Waals surface area contributed by atoms with Crippen LogP contribution in [0.4, 0.5) is 0 Å². The Balaban J connectivity index is 5.81. The van der Waals surface area contributed by atoms with E-state index in [-0.39, 0.29) is 38.5 Å². The lowest BCUT2D eigenvalue weighted by molar-refractivity contribution is -0.155. The van der Waals surface area contributed by atoms with Crippen molar-refractivity contribution in [3.8, 4) is 0 Å². The van der Waals surface area contributed by atoms with Crippen molar-refractivity contribution < 1.29 is 33.4 Å². The summed E-state index contributed by atoms with van der Waals surface area (Å²) in [4.78, 5) is 49.9. The van der Waals surface area contributed by atoms with E-state index in [1.54, 1.807) is 62.3 Å². The minimum absolute atomic E-state index is 0.0147. The van der Waals surface area contributed by atoms with Crippen LogP contribution in [0.3, 0.4) is 0 Å². The van der Waals surface area contributed by atoms with E-state index in [1.165, 1.54) is 6.92 Å². The van der Waals surface area contributed by atoms with E-state index in [9.17, 15) is 19.2 Å². The number of hydrogen-bond donors (Lipinski definition) is 2. The molecular weight excluding hydrogens is 440 g/mol. The molecular formula is C25H46N2O7. The molecule has 0 saturated carbocycles. The first-order valence-corrected chi connectivity index (χ1v) is 11.9. The molecule has 0 aliphatic carbocycles. The van der Waals surface area contributed by atoms with Gasteiger partial charge in [-0.05, 0) is 88.5 Å². The van der Waals surface area contributed by atoms with E-state index in [0.717, 1.165) is 0 Å². The molecule has 0 aromatic carbocycles. The molecule has 0 aliphatic heterocycles. The normalized spacial score (nSPS) is 13.6. The van der Waals surface area contributed by atoms with Gasteiger partial charge in [-0.3, -0.25) is 19.2 Å². The van der Waals surface area contributed by atoms with Crippen LogP contribution in [0.15, 0.2) is 0 Å². The number of rotatable bonds is 11. The highest BCUT2D eigenvalue weighted by atomic mass is 16.6. The quantitative estimate of drug-likeness (QED) is 0.334. The molecule has 0 unspecified atom stereocenters. The minimum Gasteiger partial charge on any atom is -0.460 e. The molecule has 0 radical (unpaired) electrons. The molecule has 0 spiro atoms. The second kappa shape index (κ2) is 12.5. The smallest absolute Gasteiger partial charge is 0.306 e. The van der Waals surface area contributed by atoms with Gasteiger partial charge in [0.05, 0.1) is 6.04 Å². The molecule has 3 N–H and O–H groups in total. The topological polar surface area (TPSA) is 134 Å². The molecule has 0 bridgehead atoms. The Morgan fingerprint density at radius 3 is 1.12 bits per heavy atom. The molecule has 1 amide bonds.